The highest BCUT2D eigenvalue weighted by atomic mass is 32.2. The van der Waals surface area contributed by atoms with Gasteiger partial charge in [-0.1, -0.05) is 18.2 Å². The molecule has 0 amide bonds. The fourth-order valence-corrected chi connectivity index (χ4v) is 4.93. The molecule has 3 N–H and O–H groups in total. The van der Waals surface area contributed by atoms with Gasteiger partial charge in [-0.15, -0.1) is 0 Å². The number of ether oxygens (including phenoxy) is 1. The van der Waals surface area contributed by atoms with Crippen LogP contribution in [0.3, 0.4) is 0 Å². The second-order valence-corrected chi connectivity index (χ2v) is 10.4. The number of carbonyl (C=O) groups excluding carboxylic acids is 1. The number of hydrogen-bond acceptors (Lipinski definition) is 8. The molecule has 1 aliphatic heterocycles. The zero-order valence-corrected chi connectivity index (χ0v) is 18.6. The third-order valence-electron chi connectivity index (χ3n) is 5.58. The summed E-state index contributed by atoms with van der Waals surface area (Å²) in [6.07, 6.45) is 8.08. The van der Waals surface area contributed by atoms with Crippen molar-refractivity contribution in [3.8, 4) is 0 Å². The third kappa shape index (κ3) is 4.78. The summed E-state index contributed by atoms with van der Waals surface area (Å²) in [4.78, 5) is 21.1. The number of nitrogen functional groups attached to an aromatic ring is 1. The van der Waals surface area contributed by atoms with Gasteiger partial charge in [-0.2, -0.15) is 4.98 Å². The van der Waals surface area contributed by atoms with Gasteiger partial charge in [-0.25, -0.2) is 22.1 Å². The molecule has 11 heteroatoms. The van der Waals surface area contributed by atoms with Crippen molar-refractivity contribution in [2.24, 2.45) is 5.92 Å². The number of ketones is 1. The Balaban J connectivity index is 1.66. The van der Waals surface area contributed by atoms with Gasteiger partial charge in [0.2, 0.25) is 21.8 Å². The van der Waals surface area contributed by atoms with Gasteiger partial charge in [0.25, 0.3) is 0 Å². The average molecular weight is 454 g/mol. The standard InChI is InChI=1S/C20H28FN5O4S/c1-13(2)31(28,29)26-10-7-14(8-11-26)24-19-23-12-15(18(22)25-19)17(27)16-6-4-5-9-20(16,21)30-3/h4-6,9,12-14,16H,7-8,10-11H2,1-3H3,(H3,22,23,24,25). The molecular formula is C20H28FN5O4S. The van der Waals surface area contributed by atoms with Crippen LogP contribution in [0.1, 0.15) is 37.0 Å². The number of Topliss-reactive ketones (excluding diaryl/α,β-unsaturated/α-hetero) is 1. The highest BCUT2D eigenvalue weighted by molar-refractivity contribution is 7.89. The first-order chi connectivity index (χ1) is 14.6. The Morgan fingerprint density at radius 3 is 2.61 bits per heavy atom. The lowest BCUT2D eigenvalue weighted by Crippen LogP contribution is -2.45. The first kappa shape index (κ1) is 23.3. The van der Waals surface area contributed by atoms with Crippen LogP contribution in [0.4, 0.5) is 16.2 Å². The van der Waals surface area contributed by atoms with Gasteiger partial charge >= 0.3 is 0 Å². The fraction of sp³-hybridized carbons (Fsp3) is 0.550. The summed E-state index contributed by atoms with van der Waals surface area (Å²) in [6.45, 7) is 4.14. The average Bonchev–Trinajstić information content (AvgIpc) is 2.74. The number of allylic oxidation sites excluding steroid dienone is 2. The van der Waals surface area contributed by atoms with E-state index in [1.165, 1.54) is 35.8 Å². The van der Waals surface area contributed by atoms with E-state index in [1.807, 2.05) is 0 Å². The summed E-state index contributed by atoms with van der Waals surface area (Å²) in [7, 11) is -2.09. The first-order valence-corrected chi connectivity index (χ1v) is 11.6. The molecule has 1 fully saturated rings. The molecule has 1 aromatic heterocycles. The lowest BCUT2D eigenvalue weighted by Gasteiger charge is -2.32. The topological polar surface area (TPSA) is 128 Å². The van der Waals surface area contributed by atoms with Gasteiger partial charge in [0.15, 0.2) is 5.78 Å². The largest absolute Gasteiger partial charge is 0.383 e. The van der Waals surface area contributed by atoms with Crippen molar-refractivity contribution < 1.29 is 22.3 Å². The van der Waals surface area contributed by atoms with E-state index in [0.717, 1.165) is 0 Å². The molecule has 0 radical (unpaired) electrons. The number of halogens is 1. The minimum atomic E-state index is -3.28. The molecule has 2 unspecified atom stereocenters. The number of methoxy groups -OCH3 is 1. The van der Waals surface area contributed by atoms with E-state index in [2.05, 4.69) is 15.3 Å². The lowest BCUT2D eigenvalue weighted by atomic mass is 9.88. The molecule has 0 bridgehead atoms. The Bertz CT molecular complexity index is 989. The SMILES string of the molecule is COC1(F)C=CC=CC1C(=O)c1cnc(NC2CCN(S(=O)(=O)C(C)C)CC2)nc1N. The second kappa shape index (κ2) is 9.01. The molecule has 1 aromatic rings. The normalized spacial score (nSPS) is 25.1. The molecule has 1 saturated heterocycles. The van der Waals surface area contributed by atoms with Gasteiger partial charge in [0.05, 0.1) is 10.8 Å². The number of aromatic nitrogens is 2. The molecule has 0 saturated carbocycles. The summed E-state index contributed by atoms with van der Waals surface area (Å²) in [5.74, 6) is -3.87. The van der Waals surface area contributed by atoms with Crippen LogP contribution in [0.2, 0.25) is 0 Å². The number of piperidine rings is 1. The number of anilines is 2. The van der Waals surface area contributed by atoms with Crippen LogP contribution in [-0.2, 0) is 14.8 Å². The van der Waals surface area contributed by atoms with Crippen LogP contribution >= 0.6 is 0 Å². The number of nitrogens with two attached hydrogens (primary N) is 1. The highest BCUT2D eigenvalue weighted by Gasteiger charge is 2.42. The predicted molar refractivity (Wildman–Crippen MR) is 116 cm³/mol. The summed E-state index contributed by atoms with van der Waals surface area (Å²) in [5, 5.41) is 2.68. The van der Waals surface area contributed by atoms with Gasteiger partial charge in [-0.05, 0) is 32.8 Å². The first-order valence-electron chi connectivity index (χ1n) is 10.1. The number of nitrogens with zero attached hydrogens (tertiary/aromatic N) is 3. The zero-order valence-electron chi connectivity index (χ0n) is 17.8. The number of nitrogens with one attached hydrogen (secondary N) is 1. The van der Waals surface area contributed by atoms with Crippen molar-refractivity contribution in [3.05, 3.63) is 36.1 Å². The van der Waals surface area contributed by atoms with Gasteiger partial charge in [0.1, 0.15) is 11.7 Å². The van der Waals surface area contributed by atoms with Crippen LogP contribution in [0, 0.1) is 5.92 Å². The third-order valence-corrected chi connectivity index (χ3v) is 7.86. The fourth-order valence-electron chi connectivity index (χ4n) is 3.62. The van der Waals surface area contributed by atoms with Crippen LogP contribution < -0.4 is 11.1 Å². The number of alkyl halides is 1. The summed E-state index contributed by atoms with van der Waals surface area (Å²) in [6, 6.07) is -0.0297. The van der Waals surface area contributed by atoms with Crippen molar-refractivity contribution >= 4 is 27.6 Å². The molecule has 1 aliphatic carbocycles. The van der Waals surface area contributed by atoms with E-state index >= 15 is 0 Å². The maximum absolute atomic E-state index is 14.9. The Hall–Kier alpha value is -2.37. The van der Waals surface area contributed by atoms with Gasteiger partial charge in [-0.3, -0.25) is 4.79 Å². The molecule has 2 heterocycles. The van der Waals surface area contributed by atoms with E-state index in [4.69, 9.17) is 10.5 Å². The minimum Gasteiger partial charge on any atom is -0.383 e. The zero-order chi connectivity index (χ0) is 22.8. The summed E-state index contributed by atoms with van der Waals surface area (Å²) < 4.78 is 45.8. The van der Waals surface area contributed by atoms with E-state index in [0.29, 0.717) is 25.9 Å². The molecule has 0 spiro atoms. The number of sulfonamides is 1. The van der Waals surface area contributed by atoms with E-state index in [-0.39, 0.29) is 23.4 Å². The number of rotatable bonds is 7. The maximum atomic E-state index is 14.9. The van der Waals surface area contributed by atoms with Crippen LogP contribution in [0.5, 0.6) is 0 Å². The lowest BCUT2D eigenvalue weighted by molar-refractivity contribution is -0.0997. The van der Waals surface area contributed by atoms with Crippen molar-refractivity contribution in [2.75, 3.05) is 31.2 Å². The maximum Gasteiger partial charge on any atom is 0.242 e. The summed E-state index contributed by atoms with van der Waals surface area (Å²) >= 11 is 0. The smallest absolute Gasteiger partial charge is 0.242 e. The molecule has 3 rings (SSSR count). The molecule has 170 valence electrons. The minimum absolute atomic E-state index is 0.00687. The quantitative estimate of drug-likeness (QED) is 0.600. The Morgan fingerprint density at radius 2 is 2.03 bits per heavy atom. The molecule has 0 aromatic carbocycles. The Kier molecular flexibility index (Phi) is 6.77. The van der Waals surface area contributed by atoms with E-state index in [9.17, 15) is 17.6 Å². The van der Waals surface area contributed by atoms with Crippen molar-refractivity contribution in [1.29, 1.82) is 0 Å². The predicted octanol–water partition coefficient (Wildman–Crippen LogP) is 1.91. The molecule has 2 atom stereocenters. The summed E-state index contributed by atoms with van der Waals surface area (Å²) in [5.41, 5.74) is 5.98. The Morgan fingerprint density at radius 1 is 1.35 bits per heavy atom. The van der Waals surface area contributed by atoms with Crippen LogP contribution in [0.25, 0.3) is 0 Å². The number of hydrogen-bond donors (Lipinski definition) is 2. The van der Waals surface area contributed by atoms with Crippen molar-refractivity contribution in [1.82, 2.24) is 14.3 Å². The molecule has 2 aliphatic rings. The molecule has 31 heavy (non-hydrogen) atoms. The van der Waals surface area contributed by atoms with Crippen LogP contribution in [0.15, 0.2) is 30.5 Å². The second-order valence-electron chi connectivity index (χ2n) is 7.89. The van der Waals surface area contributed by atoms with Gasteiger partial charge < -0.3 is 15.8 Å². The van der Waals surface area contributed by atoms with Gasteiger partial charge in [0, 0.05) is 32.4 Å². The van der Waals surface area contributed by atoms with Crippen molar-refractivity contribution in [2.45, 2.75) is 43.8 Å². The number of carbonyl (C=O) groups is 1. The van der Waals surface area contributed by atoms with Crippen molar-refractivity contribution in [3.63, 3.8) is 0 Å². The molecular weight excluding hydrogens is 425 g/mol. The van der Waals surface area contributed by atoms with E-state index < -0.39 is 32.8 Å². The van der Waals surface area contributed by atoms with E-state index in [1.54, 1.807) is 19.9 Å². The monoisotopic (exact) mass is 453 g/mol. The highest BCUT2D eigenvalue weighted by Crippen LogP contribution is 2.33. The molecule has 9 nitrogen and oxygen atoms in total. The Labute approximate surface area is 181 Å². The van der Waals surface area contributed by atoms with Crippen LogP contribution in [-0.4, -0.2) is 65.8 Å².